The zero-order chi connectivity index (χ0) is 15.7. The molecular formula is C14H18N4O3S. The number of rotatable bonds is 4. The Kier molecular flexibility index (Phi) is 3.98. The molecule has 0 bridgehead atoms. The number of hydrogen-bond donors (Lipinski definition) is 1. The summed E-state index contributed by atoms with van der Waals surface area (Å²) < 4.78 is 28.3. The summed E-state index contributed by atoms with van der Waals surface area (Å²) in [5.74, 6) is -0.266. The fourth-order valence-corrected chi connectivity index (χ4v) is 4.29. The van der Waals surface area contributed by atoms with Crippen LogP contribution in [0.1, 0.15) is 11.6 Å². The predicted octanol–water partition coefficient (Wildman–Crippen LogP) is 0.212. The van der Waals surface area contributed by atoms with Gasteiger partial charge in [-0.2, -0.15) is 4.31 Å². The van der Waals surface area contributed by atoms with Crippen molar-refractivity contribution in [3.63, 3.8) is 0 Å². The monoisotopic (exact) mass is 322 g/mol. The van der Waals surface area contributed by atoms with Crippen molar-refractivity contribution in [2.75, 3.05) is 19.7 Å². The Bertz CT molecular complexity index is 744. The highest BCUT2D eigenvalue weighted by atomic mass is 32.2. The highest BCUT2D eigenvalue weighted by Crippen LogP contribution is 2.34. The molecule has 1 aliphatic rings. The lowest BCUT2D eigenvalue weighted by Gasteiger charge is -2.15. The molecule has 0 aromatic carbocycles. The van der Waals surface area contributed by atoms with E-state index in [0.717, 1.165) is 5.69 Å². The Balaban J connectivity index is 1.88. The molecule has 2 aromatic heterocycles. The van der Waals surface area contributed by atoms with Gasteiger partial charge in [0, 0.05) is 56.7 Å². The average molecular weight is 322 g/mol. The smallest absolute Gasteiger partial charge is 0.262 e. The highest BCUT2D eigenvalue weighted by molar-refractivity contribution is 7.89. The molecule has 1 N–H and O–H groups in total. The number of nitrogens with zero attached hydrogens (tertiary/aromatic N) is 4. The number of imidazole rings is 1. The van der Waals surface area contributed by atoms with E-state index in [1.807, 2.05) is 18.2 Å². The molecule has 0 spiro atoms. The standard InChI is InChI=1S/C14H18N4O3S/c1-17-8-14(16-10-17)22(20,21)18-6-11(9-19)12(7-18)13-4-2-3-5-15-13/h2-5,8,10-12,19H,6-7,9H2,1H3. The van der Waals surface area contributed by atoms with Gasteiger partial charge in [-0.3, -0.25) is 4.98 Å². The number of hydrogen-bond acceptors (Lipinski definition) is 5. The van der Waals surface area contributed by atoms with E-state index < -0.39 is 10.0 Å². The van der Waals surface area contributed by atoms with Crippen LogP contribution in [0.4, 0.5) is 0 Å². The highest BCUT2D eigenvalue weighted by Gasteiger charge is 2.41. The maximum Gasteiger partial charge on any atom is 0.262 e. The number of aromatic nitrogens is 3. The van der Waals surface area contributed by atoms with Gasteiger partial charge in [0.2, 0.25) is 0 Å². The minimum absolute atomic E-state index is 0.0355. The van der Waals surface area contributed by atoms with Crippen molar-refractivity contribution in [1.29, 1.82) is 0 Å². The average Bonchev–Trinajstić information content (AvgIpc) is 3.14. The van der Waals surface area contributed by atoms with Crippen molar-refractivity contribution >= 4 is 10.0 Å². The van der Waals surface area contributed by atoms with Gasteiger partial charge in [-0.25, -0.2) is 13.4 Å². The van der Waals surface area contributed by atoms with E-state index in [4.69, 9.17) is 0 Å². The summed E-state index contributed by atoms with van der Waals surface area (Å²) in [6.45, 7) is 0.507. The molecular weight excluding hydrogens is 304 g/mol. The normalized spacial score (nSPS) is 23.0. The molecule has 3 heterocycles. The van der Waals surface area contributed by atoms with Crippen molar-refractivity contribution in [2.24, 2.45) is 13.0 Å². The molecule has 22 heavy (non-hydrogen) atoms. The van der Waals surface area contributed by atoms with Crippen LogP contribution in [-0.4, -0.2) is 52.1 Å². The molecule has 3 rings (SSSR count). The Morgan fingerprint density at radius 1 is 1.32 bits per heavy atom. The van der Waals surface area contributed by atoms with Gasteiger partial charge in [0.05, 0.1) is 6.33 Å². The van der Waals surface area contributed by atoms with E-state index in [9.17, 15) is 13.5 Å². The summed E-state index contributed by atoms with van der Waals surface area (Å²) in [7, 11) is -1.91. The zero-order valence-corrected chi connectivity index (χ0v) is 13.0. The summed E-state index contributed by atoms with van der Waals surface area (Å²) in [5, 5.41) is 9.62. The third-order valence-electron chi connectivity index (χ3n) is 4.00. The van der Waals surface area contributed by atoms with Crippen molar-refractivity contribution in [1.82, 2.24) is 18.8 Å². The fraction of sp³-hybridized carbons (Fsp3) is 0.429. The quantitative estimate of drug-likeness (QED) is 0.869. The first kappa shape index (κ1) is 15.1. The summed E-state index contributed by atoms with van der Waals surface area (Å²) >= 11 is 0. The maximum atomic E-state index is 12.6. The first-order valence-corrected chi connectivity index (χ1v) is 8.46. The minimum Gasteiger partial charge on any atom is -0.396 e. The largest absolute Gasteiger partial charge is 0.396 e. The summed E-state index contributed by atoms with van der Waals surface area (Å²) in [6, 6.07) is 5.55. The summed E-state index contributed by atoms with van der Waals surface area (Å²) in [6.07, 6.45) is 4.62. The van der Waals surface area contributed by atoms with Gasteiger partial charge >= 0.3 is 0 Å². The second-order valence-corrected chi connectivity index (χ2v) is 7.39. The molecule has 0 radical (unpaired) electrons. The van der Waals surface area contributed by atoms with Crippen molar-refractivity contribution in [3.8, 4) is 0 Å². The van der Waals surface area contributed by atoms with E-state index in [1.165, 1.54) is 16.8 Å². The lowest BCUT2D eigenvalue weighted by molar-refractivity contribution is 0.222. The third kappa shape index (κ3) is 2.65. The molecule has 0 aliphatic carbocycles. The van der Waals surface area contributed by atoms with Crippen LogP contribution in [-0.2, 0) is 17.1 Å². The molecule has 1 saturated heterocycles. The molecule has 118 valence electrons. The molecule has 0 amide bonds. The van der Waals surface area contributed by atoms with Crippen LogP contribution in [0.2, 0.25) is 0 Å². The van der Waals surface area contributed by atoms with E-state index in [-0.39, 0.29) is 30.0 Å². The van der Waals surface area contributed by atoms with Gasteiger partial charge in [-0.15, -0.1) is 0 Å². The molecule has 2 aromatic rings. The lowest BCUT2D eigenvalue weighted by Crippen LogP contribution is -2.29. The second-order valence-electron chi connectivity index (χ2n) is 5.50. The van der Waals surface area contributed by atoms with Crippen LogP contribution < -0.4 is 0 Å². The van der Waals surface area contributed by atoms with Crippen molar-refractivity contribution in [3.05, 3.63) is 42.6 Å². The van der Waals surface area contributed by atoms with Crippen molar-refractivity contribution < 1.29 is 13.5 Å². The van der Waals surface area contributed by atoms with E-state index in [1.54, 1.807) is 17.8 Å². The Hall–Kier alpha value is -1.77. The summed E-state index contributed by atoms with van der Waals surface area (Å²) in [4.78, 5) is 8.24. The maximum absolute atomic E-state index is 12.6. The van der Waals surface area contributed by atoms with Crippen molar-refractivity contribution in [2.45, 2.75) is 10.9 Å². The topological polar surface area (TPSA) is 88.3 Å². The minimum atomic E-state index is -3.64. The van der Waals surface area contributed by atoms with Gasteiger partial charge in [-0.1, -0.05) is 6.07 Å². The first-order chi connectivity index (χ1) is 10.5. The van der Waals surface area contributed by atoms with Crippen LogP contribution >= 0.6 is 0 Å². The SMILES string of the molecule is Cn1cnc(S(=O)(=O)N2CC(CO)C(c3ccccn3)C2)c1. The van der Waals surface area contributed by atoms with Crippen LogP contribution in [0.25, 0.3) is 0 Å². The number of aliphatic hydroxyl groups is 1. The van der Waals surface area contributed by atoms with Crippen LogP contribution in [0, 0.1) is 5.92 Å². The van der Waals surface area contributed by atoms with Gasteiger partial charge < -0.3 is 9.67 Å². The van der Waals surface area contributed by atoms with E-state index >= 15 is 0 Å². The Morgan fingerprint density at radius 2 is 2.14 bits per heavy atom. The van der Waals surface area contributed by atoms with Crippen LogP contribution in [0.15, 0.2) is 41.9 Å². The summed E-state index contributed by atoms with van der Waals surface area (Å²) in [5.41, 5.74) is 0.806. The van der Waals surface area contributed by atoms with E-state index in [0.29, 0.717) is 6.54 Å². The molecule has 1 fully saturated rings. The van der Waals surface area contributed by atoms with Gasteiger partial charge in [0.1, 0.15) is 0 Å². The molecule has 7 nitrogen and oxygen atoms in total. The van der Waals surface area contributed by atoms with Gasteiger partial charge in [-0.05, 0) is 12.1 Å². The molecule has 2 unspecified atom stereocenters. The predicted molar refractivity (Wildman–Crippen MR) is 79.5 cm³/mol. The number of aryl methyl sites for hydroxylation is 1. The number of aliphatic hydroxyl groups excluding tert-OH is 1. The third-order valence-corrected chi connectivity index (χ3v) is 5.71. The number of pyridine rings is 1. The van der Waals surface area contributed by atoms with E-state index in [2.05, 4.69) is 9.97 Å². The lowest BCUT2D eigenvalue weighted by atomic mass is 9.93. The number of sulfonamides is 1. The Labute approximate surface area is 129 Å². The molecule has 2 atom stereocenters. The molecule has 0 saturated carbocycles. The fourth-order valence-electron chi connectivity index (χ4n) is 2.80. The van der Waals surface area contributed by atoms with Gasteiger partial charge in [0.25, 0.3) is 10.0 Å². The molecule has 1 aliphatic heterocycles. The zero-order valence-electron chi connectivity index (χ0n) is 12.2. The van der Waals surface area contributed by atoms with Crippen LogP contribution in [0.5, 0.6) is 0 Å². The molecule has 8 heteroatoms. The first-order valence-electron chi connectivity index (χ1n) is 7.02. The Morgan fingerprint density at radius 3 is 2.73 bits per heavy atom. The van der Waals surface area contributed by atoms with Crippen LogP contribution in [0.3, 0.4) is 0 Å². The van der Waals surface area contributed by atoms with Gasteiger partial charge in [0.15, 0.2) is 5.03 Å². The second kappa shape index (κ2) is 5.79.